The first-order valence-electron chi connectivity index (χ1n) is 3.57. The lowest BCUT2D eigenvalue weighted by Gasteiger charge is -2.00. The van der Waals surface area contributed by atoms with E-state index in [1.54, 1.807) is 0 Å². The van der Waals surface area contributed by atoms with Crippen molar-refractivity contribution in [1.29, 1.82) is 0 Å². The van der Waals surface area contributed by atoms with Crippen LogP contribution in [0, 0.1) is 6.92 Å². The van der Waals surface area contributed by atoms with Gasteiger partial charge in [0.05, 0.1) is 11.4 Å². The van der Waals surface area contributed by atoms with Crippen molar-refractivity contribution in [2.24, 2.45) is 0 Å². The molecule has 0 aliphatic carbocycles. The van der Waals surface area contributed by atoms with Gasteiger partial charge in [0, 0.05) is 0 Å². The van der Waals surface area contributed by atoms with Crippen molar-refractivity contribution in [3.05, 3.63) is 23.8 Å². The summed E-state index contributed by atoms with van der Waals surface area (Å²) in [6, 6.07) is 5.96. The monoisotopic (exact) mass is 150 g/mol. The van der Waals surface area contributed by atoms with Gasteiger partial charge in [0.25, 0.3) is 0 Å². The highest BCUT2D eigenvalue weighted by atomic mass is 16.3. The van der Waals surface area contributed by atoms with E-state index in [4.69, 9.17) is 5.11 Å². The van der Waals surface area contributed by atoms with E-state index < -0.39 is 6.35 Å². The van der Waals surface area contributed by atoms with Crippen LogP contribution in [0.2, 0.25) is 0 Å². The Bertz CT molecular complexity index is 285. The summed E-state index contributed by atoms with van der Waals surface area (Å²) in [7, 11) is 0. The van der Waals surface area contributed by atoms with Crippen LogP contribution in [0.5, 0.6) is 0 Å². The SMILES string of the molecule is Cc1ccc2c(c1)NC(O)N2. The number of aliphatic hydroxyl groups excluding tert-OH is 1. The lowest BCUT2D eigenvalue weighted by atomic mass is 10.2. The highest BCUT2D eigenvalue weighted by Gasteiger charge is 2.15. The average molecular weight is 150 g/mol. The Balaban J connectivity index is 2.43. The molecule has 1 heterocycles. The minimum absolute atomic E-state index is 0.633. The second-order valence-electron chi connectivity index (χ2n) is 2.74. The van der Waals surface area contributed by atoms with Gasteiger partial charge in [0.2, 0.25) is 6.35 Å². The van der Waals surface area contributed by atoms with Crippen molar-refractivity contribution in [2.75, 3.05) is 10.6 Å². The summed E-state index contributed by atoms with van der Waals surface area (Å²) in [6.45, 7) is 2.02. The Labute approximate surface area is 65.0 Å². The van der Waals surface area contributed by atoms with Crippen LogP contribution < -0.4 is 10.6 Å². The van der Waals surface area contributed by atoms with Gasteiger partial charge in [-0.25, -0.2) is 0 Å². The van der Waals surface area contributed by atoms with Crippen LogP contribution in [0.1, 0.15) is 5.56 Å². The summed E-state index contributed by atoms with van der Waals surface area (Å²) in [5.74, 6) is 0. The van der Waals surface area contributed by atoms with Crippen molar-refractivity contribution >= 4 is 11.4 Å². The molecule has 3 N–H and O–H groups in total. The number of aryl methyl sites for hydroxylation is 1. The number of benzene rings is 1. The third-order valence-corrected chi connectivity index (χ3v) is 1.76. The van der Waals surface area contributed by atoms with Crippen LogP contribution >= 0.6 is 0 Å². The van der Waals surface area contributed by atoms with E-state index in [-0.39, 0.29) is 0 Å². The highest BCUT2D eigenvalue weighted by Crippen LogP contribution is 2.28. The number of hydrogen-bond donors (Lipinski definition) is 3. The van der Waals surface area contributed by atoms with Crippen molar-refractivity contribution in [1.82, 2.24) is 0 Å². The first-order valence-corrected chi connectivity index (χ1v) is 3.57. The summed E-state index contributed by atoms with van der Waals surface area (Å²) < 4.78 is 0. The van der Waals surface area contributed by atoms with E-state index in [0.29, 0.717) is 0 Å². The summed E-state index contributed by atoms with van der Waals surface area (Å²) in [5, 5.41) is 14.9. The van der Waals surface area contributed by atoms with Crippen molar-refractivity contribution < 1.29 is 5.11 Å². The van der Waals surface area contributed by atoms with Crippen LogP contribution in [0.4, 0.5) is 11.4 Å². The van der Waals surface area contributed by atoms with Crippen LogP contribution in [0.25, 0.3) is 0 Å². The molecule has 3 heteroatoms. The Morgan fingerprint density at radius 2 is 2.00 bits per heavy atom. The molecular weight excluding hydrogens is 140 g/mol. The fraction of sp³-hybridized carbons (Fsp3) is 0.250. The lowest BCUT2D eigenvalue weighted by Crippen LogP contribution is -2.20. The Hall–Kier alpha value is -1.22. The molecule has 0 spiro atoms. The van der Waals surface area contributed by atoms with Crippen LogP contribution in [0.15, 0.2) is 18.2 Å². The number of fused-ring (bicyclic) bond motifs is 1. The predicted molar refractivity (Wildman–Crippen MR) is 44.4 cm³/mol. The fourth-order valence-electron chi connectivity index (χ4n) is 1.23. The van der Waals surface area contributed by atoms with Gasteiger partial charge in [-0.05, 0) is 24.6 Å². The molecule has 0 bridgehead atoms. The van der Waals surface area contributed by atoms with Crippen molar-refractivity contribution in [3.63, 3.8) is 0 Å². The molecule has 11 heavy (non-hydrogen) atoms. The minimum atomic E-state index is -0.633. The molecule has 0 saturated heterocycles. The number of nitrogens with one attached hydrogen (secondary N) is 2. The van der Waals surface area contributed by atoms with E-state index in [0.717, 1.165) is 11.4 Å². The van der Waals surface area contributed by atoms with Gasteiger partial charge in [-0.1, -0.05) is 6.07 Å². The number of anilines is 2. The average Bonchev–Trinajstić information content (AvgIpc) is 2.27. The van der Waals surface area contributed by atoms with E-state index in [9.17, 15) is 0 Å². The third kappa shape index (κ3) is 1.03. The predicted octanol–water partition coefficient (Wildman–Crippen LogP) is 1.11. The first-order chi connectivity index (χ1) is 5.25. The quantitative estimate of drug-likeness (QED) is 0.519. The summed E-state index contributed by atoms with van der Waals surface area (Å²) in [4.78, 5) is 0. The molecule has 1 unspecified atom stereocenters. The summed E-state index contributed by atoms with van der Waals surface area (Å²) in [6.07, 6.45) is -0.633. The molecule has 3 nitrogen and oxygen atoms in total. The van der Waals surface area contributed by atoms with Crippen LogP contribution in [0.3, 0.4) is 0 Å². The van der Waals surface area contributed by atoms with E-state index in [1.807, 2.05) is 25.1 Å². The van der Waals surface area contributed by atoms with Gasteiger partial charge in [0.1, 0.15) is 0 Å². The van der Waals surface area contributed by atoms with Gasteiger partial charge in [-0.15, -0.1) is 0 Å². The van der Waals surface area contributed by atoms with Gasteiger partial charge >= 0.3 is 0 Å². The lowest BCUT2D eigenvalue weighted by molar-refractivity contribution is 0.238. The normalized spacial score (nSPS) is 20.4. The fourth-order valence-corrected chi connectivity index (χ4v) is 1.23. The minimum Gasteiger partial charge on any atom is -0.357 e. The van der Waals surface area contributed by atoms with Gasteiger partial charge in [-0.2, -0.15) is 0 Å². The van der Waals surface area contributed by atoms with E-state index in [2.05, 4.69) is 10.6 Å². The zero-order chi connectivity index (χ0) is 7.84. The molecule has 1 aromatic rings. The highest BCUT2D eigenvalue weighted by molar-refractivity contribution is 5.74. The van der Waals surface area contributed by atoms with E-state index >= 15 is 0 Å². The molecule has 1 atom stereocenters. The van der Waals surface area contributed by atoms with E-state index in [1.165, 1.54) is 5.56 Å². The van der Waals surface area contributed by atoms with Crippen molar-refractivity contribution in [3.8, 4) is 0 Å². The Morgan fingerprint density at radius 1 is 1.27 bits per heavy atom. The summed E-state index contributed by atoms with van der Waals surface area (Å²) >= 11 is 0. The molecule has 0 radical (unpaired) electrons. The molecule has 0 saturated carbocycles. The second kappa shape index (κ2) is 2.13. The summed E-state index contributed by atoms with van der Waals surface area (Å²) in [5.41, 5.74) is 3.12. The number of rotatable bonds is 0. The standard InChI is InChI=1S/C8H10N2O/c1-5-2-3-6-7(4-5)10-8(11)9-6/h2-4,8-11H,1H3. The molecule has 0 aromatic heterocycles. The van der Waals surface area contributed by atoms with Gasteiger partial charge in [0.15, 0.2) is 0 Å². The topological polar surface area (TPSA) is 44.3 Å². The molecule has 2 rings (SSSR count). The molecule has 0 fully saturated rings. The van der Waals surface area contributed by atoms with Crippen LogP contribution in [-0.2, 0) is 0 Å². The van der Waals surface area contributed by atoms with Gasteiger partial charge in [-0.3, -0.25) is 0 Å². The maximum atomic E-state index is 9.12. The molecule has 1 aliphatic heterocycles. The molecule has 0 amide bonds. The number of aliphatic hydroxyl groups is 1. The maximum Gasteiger partial charge on any atom is 0.202 e. The third-order valence-electron chi connectivity index (χ3n) is 1.76. The molecular formula is C8H10N2O. The second-order valence-corrected chi connectivity index (χ2v) is 2.74. The zero-order valence-electron chi connectivity index (χ0n) is 6.26. The molecule has 58 valence electrons. The first kappa shape index (κ1) is 6.49. The zero-order valence-corrected chi connectivity index (χ0v) is 6.26. The van der Waals surface area contributed by atoms with Crippen LogP contribution in [-0.4, -0.2) is 11.5 Å². The number of hydrogen-bond acceptors (Lipinski definition) is 3. The Kier molecular flexibility index (Phi) is 1.26. The van der Waals surface area contributed by atoms with Gasteiger partial charge < -0.3 is 15.7 Å². The maximum absolute atomic E-state index is 9.12. The largest absolute Gasteiger partial charge is 0.357 e. The smallest absolute Gasteiger partial charge is 0.202 e. The molecule has 1 aliphatic rings. The van der Waals surface area contributed by atoms with Crippen molar-refractivity contribution in [2.45, 2.75) is 13.3 Å². The Morgan fingerprint density at radius 3 is 2.82 bits per heavy atom. The molecule has 1 aromatic carbocycles.